The number of carbonyl (C=O) groups excluding carboxylic acids is 1. The summed E-state index contributed by atoms with van der Waals surface area (Å²) in [4.78, 5) is 42.6. The molecule has 0 amide bonds. The molecule has 0 bridgehead atoms. The molecule has 0 heterocycles. The Labute approximate surface area is 151 Å². The second-order valence-electron chi connectivity index (χ2n) is 3.07. The van der Waals surface area contributed by atoms with E-state index in [0.717, 1.165) is 0 Å². The van der Waals surface area contributed by atoms with Crippen LogP contribution in [0, 0.1) is 0 Å². The number of aliphatic hydroxyl groups excluding tert-OH is 1. The third-order valence-electron chi connectivity index (χ3n) is 1.70. The monoisotopic (exact) mass is 298 g/mol. The molecule has 0 atom stereocenters. The van der Waals surface area contributed by atoms with Gasteiger partial charge in [0.1, 0.15) is 6.61 Å². The number of carboxylic acid groups (broad SMARTS) is 3. The molecule has 0 rings (SSSR count). The first-order valence-electron chi connectivity index (χ1n) is 4.23. The van der Waals surface area contributed by atoms with E-state index in [1.807, 2.05) is 0 Å². The summed E-state index contributed by atoms with van der Waals surface area (Å²) < 4.78 is 4.22. The van der Waals surface area contributed by atoms with Crippen molar-refractivity contribution in [2.45, 2.75) is 18.4 Å². The summed E-state index contributed by atoms with van der Waals surface area (Å²) in [6, 6.07) is 0. The van der Waals surface area contributed by atoms with E-state index in [9.17, 15) is 19.2 Å². The predicted molar refractivity (Wildman–Crippen MR) is 62.3 cm³/mol. The van der Waals surface area contributed by atoms with Crippen LogP contribution in [0.2, 0.25) is 0 Å². The van der Waals surface area contributed by atoms with Gasteiger partial charge >= 0.3 is 83.0 Å². The molecular formula is C8H12Na2O9. The maximum atomic E-state index is 10.9. The molecule has 100 valence electrons. The Morgan fingerprint density at radius 3 is 1.47 bits per heavy atom. The van der Waals surface area contributed by atoms with Crippen molar-refractivity contribution in [1.29, 1.82) is 0 Å². The molecule has 9 nitrogen and oxygen atoms in total. The second-order valence-corrected chi connectivity index (χ2v) is 3.07. The topological polar surface area (TPSA) is 158 Å². The standard InChI is InChI=1S/C8H10O9.2Na.2H/c9-3-6(14)17-8(7(15)16,1-4(10)11)2-5(12)13;;;;/h9H,1-3H2,(H,10,11)(H,12,13)(H,15,16);;;;. The van der Waals surface area contributed by atoms with Gasteiger partial charge in [0.05, 0.1) is 12.8 Å². The Bertz CT molecular complexity index is 338. The van der Waals surface area contributed by atoms with Crippen molar-refractivity contribution >= 4 is 83.0 Å². The number of rotatable bonds is 7. The molecular weight excluding hydrogens is 286 g/mol. The first-order valence-corrected chi connectivity index (χ1v) is 4.23. The van der Waals surface area contributed by atoms with Crippen molar-refractivity contribution in [3.8, 4) is 0 Å². The van der Waals surface area contributed by atoms with Gasteiger partial charge in [-0.05, 0) is 0 Å². The third-order valence-corrected chi connectivity index (χ3v) is 1.70. The van der Waals surface area contributed by atoms with E-state index in [0.29, 0.717) is 0 Å². The van der Waals surface area contributed by atoms with Crippen LogP contribution in [0.1, 0.15) is 12.8 Å². The van der Waals surface area contributed by atoms with E-state index in [1.165, 1.54) is 0 Å². The number of esters is 1. The van der Waals surface area contributed by atoms with Crippen LogP contribution < -0.4 is 0 Å². The third kappa shape index (κ3) is 8.58. The minimum atomic E-state index is -2.72. The van der Waals surface area contributed by atoms with Gasteiger partial charge in [-0.3, -0.25) is 9.59 Å². The molecule has 19 heavy (non-hydrogen) atoms. The van der Waals surface area contributed by atoms with Crippen LogP contribution in [0.3, 0.4) is 0 Å². The van der Waals surface area contributed by atoms with Crippen LogP contribution in [0.5, 0.6) is 0 Å². The zero-order chi connectivity index (χ0) is 13.6. The second kappa shape index (κ2) is 10.6. The quantitative estimate of drug-likeness (QED) is 0.284. The molecule has 4 N–H and O–H groups in total. The Morgan fingerprint density at radius 1 is 0.895 bits per heavy atom. The molecule has 0 saturated heterocycles. The summed E-state index contributed by atoms with van der Waals surface area (Å²) >= 11 is 0. The summed E-state index contributed by atoms with van der Waals surface area (Å²) in [5, 5.41) is 34.1. The fraction of sp³-hybridized carbons (Fsp3) is 0.500. The SMILES string of the molecule is O=C(O)CC(CC(=O)O)(OC(=O)CO)C(=O)O.[NaH].[NaH]. The average molecular weight is 298 g/mol. The molecule has 0 spiro atoms. The van der Waals surface area contributed by atoms with E-state index < -0.39 is 48.9 Å². The van der Waals surface area contributed by atoms with E-state index >= 15 is 0 Å². The molecule has 0 aromatic heterocycles. The van der Waals surface area contributed by atoms with Crippen LogP contribution in [0.15, 0.2) is 0 Å². The zero-order valence-electron chi connectivity index (χ0n) is 8.45. The van der Waals surface area contributed by atoms with Crippen LogP contribution in [-0.4, -0.2) is 116 Å². The molecule has 0 aliphatic carbocycles. The molecule has 0 radical (unpaired) electrons. The van der Waals surface area contributed by atoms with Gasteiger partial charge in [0.25, 0.3) is 0 Å². The Morgan fingerprint density at radius 2 is 1.26 bits per heavy atom. The molecule has 0 aromatic carbocycles. The number of hydrogen-bond donors (Lipinski definition) is 4. The van der Waals surface area contributed by atoms with E-state index in [1.54, 1.807) is 0 Å². The Hall–Kier alpha value is -0.160. The average Bonchev–Trinajstić information content (AvgIpc) is 2.14. The number of aliphatic carboxylic acids is 3. The fourth-order valence-corrected chi connectivity index (χ4v) is 1.07. The van der Waals surface area contributed by atoms with E-state index in [4.69, 9.17) is 20.4 Å². The van der Waals surface area contributed by atoms with Crippen molar-refractivity contribution in [3.05, 3.63) is 0 Å². The summed E-state index contributed by atoms with van der Waals surface area (Å²) in [5.41, 5.74) is -2.72. The van der Waals surface area contributed by atoms with Crippen LogP contribution in [0.4, 0.5) is 0 Å². The van der Waals surface area contributed by atoms with Crippen molar-refractivity contribution in [1.82, 2.24) is 0 Å². The number of ether oxygens (including phenoxy) is 1. The summed E-state index contributed by atoms with van der Waals surface area (Å²) in [6.07, 6.45) is -2.44. The summed E-state index contributed by atoms with van der Waals surface area (Å²) in [7, 11) is 0. The Balaban J connectivity index is -0.00000128. The number of hydrogen-bond acceptors (Lipinski definition) is 6. The van der Waals surface area contributed by atoms with Crippen molar-refractivity contribution in [2.75, 3.05) is 6.61 Å². The molecule has 0 aliphatic heterocycles. The molecule has 0 fully saturated rings. The molecule has 0 unspecified atom stereocenters. The maximum absolute atomic E-state index is 10.9. The predicted octanol–water partition coefficient (Wildman–Crippen LogP) is -3.00. The Kier molecular flexibility index (Phi) is 13.3. The minimum absolute atomic E-state index is 0. The first kappa shape index (κ1) is 23.9. The van der Waals surface area contributed by atoms with Crippen LogP contribution in [-0.2, 0) is 23.9 Å². The zero-order valence-corrected chi connectivity index (χ0v) is 8.45. The van der Waals surface area contributed by atoms with E-state index in [-0.39, 0.29) is 59.1 Å². The van der Waals surface area contributed by atoms with Crippen LogP contribution in [0.25, 0.3) is 0 Å². The van der Waals surface area contributed by atoms with Gasteiger partial charge in [-0.15, -0.1) is 0 Å². The van der Waals surface area contributed by atoms with E-state index in [2.05, 4.69) is 4.74 Å². The number of carboxylic acids is 3. The normalized spacial score (nSPS) is 9.53. The number of carbonyl (C=O) groups is 4. The molecule has 0 aliphatic rings. The van der Waals surface area contributed by atoms with Gasteiger partial charge < -0.3 is 25.2 Å². The summed E-state index contributed by atoms with van der Waals surface area (Å²) in [6.45, 7) is -1.19. The fourth-order valence-electron chi connectivity index (χ4n) is 1.07. The molecule has 0 saturated carbocycles. The van der Waals surface area contributed by atoms with Crippen LogP contribution >= 0.6 is 0 Å². The van der Waals surface area contributed by atoms with Gasteiger partial charge in [0.2, 0.25) is 5.60 Å². The van der Waals surface area contributed by atoms with Crippen molar-refractivity contribution in [2.24, 2.45) is 0 Å². The molecule has 11 heteroatoms. The van der Waals surface area contributed by atoms with Gasteiger partial charge in [-0.1, -0.05) is 0 Å². The van der Waals surface area contributed by atoms with Gasteiger partial charge in [0.15, 0.2) is 0 Å². The molecule has 0 aromatic rings. The summed E-state index contributed by atoms with van der Waals surface area (Å²) in [5.74, 6) is -6.64. The van der Waals surface area contributed by atoms with Crippen molar-refractivity contribution < 1.29 is 44.3 Å². The van der Waals surface area contributed by atoms with Crippen molar-refractivity contribution in [3.63, 3.8) is 0 Å². The van der Waals surface area contributed by atoms with Gasteiger partial charge in [-0.2, -0.15) is 0 Å². The van der Waals surface area contributed by atoms with Gasteiger partial charge in [-0.25, -0.2) is 9.59 Å². The first-order chi connectivity index (χ1) is 7.73. The number of aliphatic hydroxyl groups is 1. The van der Waals surface area contributed by atoms with Gasteiger partial charge in [0, 0.05) is 0 Å².